The van der Waals surface area contributed by atoms with Crippen molar-refractivity contribution >= 4 is 22.6 Å². The molecule has 0 bridgehead atoms. The van der Waals surface area contributed by atoms with E-state index in [0.29, 0.717) is 12.3 Å². The first-order chi connectivity index (χ1) is 13.5. The molecule has 2 aromatic carbocycles. The summed E-state index contributed by atoms with van der Waals surface area (Å²) in [5.41, 5.74) is 4.88. The normalized spacial score (nSPS) is 30.4. The Balaban J connectivity index is 1.65. The Morgan fingerprint density at radius 3 is 2.25 bits per heavy atom. The van der Waals surface area contributed by atoms with Crippen molar-refractivity contribution in [2.45, 2.75) is 55.8 Å². The van der Waals surface area contributed by atoms with Crippen LogP contribution >= 0.6 is 22.6 Å². The summed E-state index contributed by atoms with van der Waals surface area (Å²) >= 11 is 2.31. The van der Waals surface area contributed by atoms with Gasteiger partial charge < -0.3 is 20.4 Å². The Hall–Kier alpha value is -0.990. The lowest BCUT2D eigenvalue weighted by atomic mass is 9.72. The van der Waals surface area contributed by atoms with Crippen molar-refractivity contribution in [2.24, 2.45) is 5.92 Å². The van der Waals surface area contributed by atoms with Crippen molar-refractivity contribution < 1.29 is 20.4 Å². The SMILES string of the molecule is OC[C@H]1C[C@@H](c2ccc(C3CC3)c(Cc3ccc(I)cc3)c2)[C@H](O)[C@@H](O)[C@@H]1O. The fourth-order valence-electron chi connectivity index (χ4n) is 4.46. The smallest absolute Gasteiger partial charge is 0.107 e. The highest BCUT2D eigenvalue weighted by Gasteiger charge is 2.43. The van der Waals surface area contributed by atoms with Gasteiger partial charge in [0, 0.05) is 22.0 Å². The monoisotopic (exact) mass is 494 g/mol. The van der Waals surface area contributed by atoms with Crippen LogP contribution in [-0.4, -0.2) is 45.3 Å². The number of aliphatic hydroxyl groups excluding tert-OH is 4. The van der Waals surface area contributed by atoms with E-state index >= 15 is 0 Å². The van der Waals surface area contributed by atoms with Gasteiger partial charge in [-0.15, -0.1) is 0 Å². The van der Waals surface area contributed by atoms with Crippen molar-refractivity contribution in [2.75, 3.05) is 6.61 Å². The van der Waals surface area contributed by atoms with Crippen molar-refractivity contribution in [3.8, 4) is 0 Å². The van der Waals surface area contributed by atoms with Crippen LogP contribution in [0.4, 0.5) is 0 Å². The summed E-state index contributed by atoms with van der Waals surface area (Å²) in [4.78, 5) is 0. The molecular formula is C23H27IO4. The van der Waals surface area contributed by atoms with Crippen LogP contribution < -0.4 is 0 Å². The maximum atomic E-state index is 10.6. The predicted molar refractivity (Wildman–Crippen MR) is 116 cm³/mol. The Bertz CT molecular complexity index is 816. The summed E-state index contributed by atoms with van der Waals surface area (Å²) in [6, 6.07) is 14.9. The van der Waals surface area contributed by atoms with Gasteiger partial charge in [-0.05, 0) is 88.6 Å². The van der Waals surface area contributed by atoms with Gasteiger partial charge >= 0.3 is 0 Å². The molecule has 150 valence electrons. The van der Waals surface area contributed by atoms with Gasteiger partial charge in [-0.2, -0.15) is 0 Å². The van der Waals surface area contributed by atoms with Crippen LogP contribution in [0.5, 0.6) is 0 Å². The van der Waals surface area contributed by atoms with E-state index in [-0.39, 0.29) is 12.5 Å². The van der Waals surface area contributed by atoms with Crippen LogP contribution in [0.2, 0.25) is 0 Å². The average molecular weight is 494 g/mol. The highest BCUT2D eigenvalue weighted by molar-refractivity contribution is 14.1. The molecule has 2 aliphatic rings. The minimum atomic E-state index is -1.24. The molecule has 4 rings (SSSR count). The molecule has 2 fully saturated rings. The molecule has 2 aliphatic carbocycles. The molecule has 0 unspecified atom stereocenters. The van der Waals surface area contributed by atoms with Crippen LogP contribution in [0.15, 0.2) is 42.5 Å². The average Bonchev–Trinajstić information content (AvgIpc) is 3.53. The highest BCUT2D eigenvalue weighted by atomic mass is 127. The van der Waals surface area contributed by atoms with E-state index in [0.717, 1.165) is 12.0 Å². The lowest BCUT2D eigenvalue weighted by Crippen LogP contribution is -2.51. The lowest BCUT2D eigenvalue weighted by molar-refractivity contribution is -0.127. The van der Waals surface area contributed by atoms with Crippen LogP contribution in [0.1, 0.15) is 53.4 Å². The second kappa shape index (κ2) is 8.40. The van der Waals surface area contributed by atoms with Gasteiger partial charge in [0.15, 0.2) is 0 Å². The summed E-state index contributed by atoms with van der Waals surface area (Å²) in [5, 5.41) is 40.5. The highest BCUT2D eigenvalue weighted by Crippen LogP contribution is 2.44. The fourth-order valence-corrected chi connectivity index (χ4v) is 4.82. The molecule has 0 aromatic heterocycles. The maximum Gasteiger partial charge on any atom is 0.107 e. The maximum absolute atomic E-state index is 10.6. The quantitative estimate of drug-likeness (QED) is 0.482. The van der Waals surface area contributed by atoms with Crippen LogP contribution in [-0.2, 0) is 6.42 Å². The largest absolute Gasteiger partial charge is 0.396 e. The van der Waals surface area contributed by atoms with Gasteiger partial charge in [0.2, 0.25) is 0 Å². The van der Waals surface area contributed by atoms with Crippen molar-refractivity contribution in [3.05, 3.63) is 68.3 Å². The zero-order valence-electron chi connectivity index (χ0n) is 15.7. The van der Waals surface area contributed by atoms with E-state index in [2.05, 4.69) is 65.1 Å². The van der Waals surface area contributed by atoms with Gasteiger partial charge in [0.1, 0.15) is 6.10 Å². The Morgan fingerprint density at radius 1 is 0.893 bits per heavy atom. The summed E-state index contributed by atoms with van der Waals surface area (Å²) in [5.74, 6) is -0.0905. The standard InChI is InChI=1S/C23H27IO4/c24-18-6-1-13(2-7-18)9-16-10-15(5-8-19(16)14-3-4-14)20-11-17(12-25)21(26)23(28)22(20)27/h1-2,5-8,10,14,17,20-23,25-28H,3-4,9,11-12H2/t17-,20+,21-,22+,23+/m1/s1. The molecule has 4 N–H and O–H groups in total. The summed E-state index contributed by atoms with van der Waals surface area (Å²) in [6.07, 6.45) is 0.392. The lowest BCUT2D eigenvalue weighted by Gasteiger charge is -2.40. The Labute approximate surface area is 179 Å². The molecule has 2 saturated carbocycles. The molecule has 0 heterocycles. The van der Waals surface area contributed by atoms with Crippen molar-refractivity contribution in [1.29, 1.82) is 0 Å². The molecule has 28 heavy (non-hydrogen) atoms. The number of benzene rings is 2. The predicted octanol–water partition coefficient (Wildman–Crippen LogP) is 2.94. The van der Waals surface area contributed by atoms with E-state index in [1.807, 2.05) is 0 Å². The third-order valence-electron chi connectivity index (χ3n) is 6.31. The summed E-state index contributed by atoms with van der Waals surface area (Å²) < 4.78 is 1.21. The molecule has 2 aromatic rings. The van der Waals surface area contributed by atoms with E-state index in [9.17, 15) is 20.4 Å². The van der Waals surface area contributed by atoms with Crippen LogP contribution in [0.25, 0.3) is 0 Å². The minimum absolute atomic E-state index is 0.197. The van der Waals surface area contributed by atoms with Gasteiger partial charge in [-0.25, -0.2) is 0 Å². The molecule has 0 spiro atoms. The molecule has 4 nitrogen and oxygen atoms in total. The Kier molecular flexibility index (Phi) is 6.09. The molecule has 0 aliphatic heterocycles. The van der Waals surface area contributed by atoms with Gasteiger partial charge in [0.05, 0.1) is 12.2 Å². The zero-order chi connectivity index (χ0) is 19.8. The van der Waals surface area contributed by atoms with E-state index in [1.165, 1.54) is 33.1 Å². The molecule has 0 radical (unpaired) electrons. The van der Waals surface area contributed by atoms with Crippen molar-refractivity contribution in [1.82, 2.24) is 0 Å². The third kappa shape index (κ3) is 4.14. The van der Waals surface area contributed by atoms with E-state index in [1.54, 1.807) is 0 Å². The first-order valence-corrected chi connectivity index (χ1v) is 11.1. The molecule has 0 amide bonds. The first kappa shape index (κ1) is 20.3. The Morgan fingerprint density at radius 2 is 1.61 bits per heavy atom. The molecule has 5 heteroatoms. The minimum Gasteiger partial charge on any atom is -0.396 e. The van der Waals surface area contributed by atoms with Gasteiger partial charge in [-0.1, -0.05) is 30.3 Å². The summed E-state index contributed by atoms with van der Waals surface area (Å²) in [6.45, 7) is -0.197. The second-order valence-electron chi connectivity index (χ2n) is 8.29. The molecular weight excluding hydrogens is 467 g/mol. The first-order valence-electron chi connectivity index (χ1n) is 10.00. The van der Waals surface area contributed by atoms with E-state index < -0.39 is 24.2 Å². The topological polar surface area (TPSA) is 80.9 Å². The van der Waals surface area contributed by atoms with Gasteiger partial charge in [0.25, 0.3) is 0 Å². The fraction of sp³-hybridized carbons (Fsp3) is 0.478. The molecule has 5 atom stereocenters. The summed E-state index contributed by atoms with van der Waals surface area (Å²) in [7, 11) is 0. The van der Waals surface area contributed by atoms with Gasteiger partial charge in [-0.3, -0.25) is 0 Å². The molecule has 0 saturated heterocycles. The second-order valence-corrected chi connectivity index (χ2v) is 9.54. The third-order valence-corrected chi connectivity index (χ3v) is 7.03. The number of aliphatic hydroxyl groups is 4. The number of hydrogen-bond acceptors (Lipinski definition) is 4. The van der Waals surface area contributed by atoms with Crippen molar-refractivity contribution in [3.63, 3.8) is 0 Å². The zero-order valence-corrected chi connectivity index (χ0v) is 17.9. The van der Waals surface area contributed by atoms with Crippen LogP contribution in [0, 0.1) is 9.49 Å². The van der Waals surface area contributed by atoms with Crippen LogP contribution in [0.3, 0.4) is 0 Å². The number of rotatable bonds is 5. The number of hydrogen-bond donors (Lipinski definition) is 4. The number of halogens is 1. The van der Waals surface area contributed by atoms with E-state index in [4.69, 9.17) is 0 Å².